The number of aryl methyl sites for hydroxylation is 1. The van der Waals surface area contributed by atoms with Crippen molar-refractivity contribution in [3.8, 4) is 5.75 Å². The summed E-state index contributed by atoms with van der Waals surface area (Å²) < 4.78 is 27.4. The average molecular weight is 557 g/mol. The van der Waals surface area contributed by atoms with E-state index in [1.807, 2.05) is 55.5 Å². The molecule has 4 aromatic rings. The maximum Gasteiger partial charge on any atom is 0.338 e. The molecule has 9 heteroatoms. The van der Waals surface area contributed by atoms with Crippen molar-refractivity contribution >= 4 is 23.7 Å². The average Bonchev–Trinajstić information content (AvgIpc) is 3.37. The Morgan fingerprint density at radius 2 is 1.93 bits per heavy atom. The number of hydrogen-bond donors (Lipinski definition) is 1. The van der Waals surface area contributed by atoms with Crippen LogP contribution in [0.1, 0.15) is 35.2 Å². The van der Waals surface area contributed by atoms with Gasteiger partial charge in [0.1, 0.15) is 30.8 Å². The molecule has 0 spiro atoms. The molecule has 0 radical (unpaired) electrons. The van der Waals surface area contributed by atoms with Gasteiger partial charge in [0.2, 0.25) is 11.1 Å². The fraction of sp³-hybridized carbons (Fsp3) is 0.194. The number of nitrogens with zero attached hydrogens (tertiary/aromatic N) is 3. The van der Waals surface area contributed by atoms with E-state index in [0.717, 1.165) is 11.1 Å². The third kappa shape index (κ3) is 6.10. The van der Waals surface area contributed by atoms with Gasteiger partial charge in [-0.2, -0.15) is 4.98 Å². The first kappa shape index (κ1) is 27.2. The molecule has 1 N–H and O–H groups in total. The molecule has 0 aliphatic carbocycles. The van der Waals surface area contributed by atoms with E-state index in [-0.39, 0.29) is 12.4 Å². The lowest BCUT2D eigenvalue weighted by atomic mass is 9.95. The van der Waals surface area contributed by atoms with Crippen LogP contribution in [-0.4, -0.2) is 27.3 Å². The number of nitrogens with one attached hydrogen (secondary N) is 1. The Labute approximate surface area is 236 Å². The van der Waals surface area contributed by atoms with E-state index in [2.05, 4.69) is 16.9 Å². The van der Waals surface area contributed by atoms with Gasteiger partial charge in [-0.3, -0.25) is 0 Å². The summed E-state index contributed by atoms with van der Waals surface area (Å²) in [7, 11) is 0. The van der Waals surface area contributed by atoms with E-state index in [1.54, 1.807) is 29.8 Å². The number of rotatable bonds is 10. The zero-order valence-electron chi connectivity index (χ0n) is 22.3. The molecule has 40 heavy (non-hydrogen) atoms. The highest BCUT2D eigenvalue weighted by atomic mass is 32.2. The number of fused-ring (bicyclic) bond motifs is 1. The van der Waals surface area contributed by atoms with Crippen LogP contribution in [0, 0.1) is 12.7 Å². The van der Waals surface area contributed by atoms with E-state index in [4.69, 9.17) is 14.6 Å². The monoisotopic (exact) mass is 556 g/mol. The quantitative estimate of drug-likeness (QED) is 0.134. The summed E-state index contributed by atoms with van der Waals surface area (Å²) >= 11 is 1.32. The zero-order valence-corrected chi connectivity index (χ0v) is 23.1. The molecule has 0 saturated heterocycles. The fourth-order valence-electron chi connectivity index (χ4n) is 4.36. The minimum atomic E-state index is -0.619. The van der Waals surface area contributed by atoms with Crippen molar-refractivity contribution in [1.82, 2.24) is 14.8 Å². The highest BCUT2D eigenvalue weighted by Crippen LogP contribution is 2.38. The Kier molecular flexibility index (Phi) is 8.31. The number of thioether (sulfide) groups is 1. The van der Waals surface area contributed by atoms with Crippen LogP contribution in [0.25, 0.3) is 0 Å². The minimum Gasteiger partial charge on any atom is -0.489 e. The first-order valence-corrected chi connectivity index (χ1v) is 13.8. The second-order valence-electron chi connectivity index (χ2n) is 9.34. The summed E-state index contributed by atoms with van der Waals surface area (Å²) in [5.41, 5.74) is 4.59. The van der Waals surface area contributed by atoms with E-state index < -0.39 is 12.0 Å². The lowest BCUT2D eigenvalue weighted by molar-refractivity contribution is -0.138. The Balaban J connectivity index is 1.45. The Morgan fingerprint density at radius 3 is 2.70 bits per heavy atom. The molecule has 5 rings (SSSR count). The van der Waals surface area contributed by atoms with Crippen LogP contribution in [0.5, 0.6) is 5.75 Å². The van der Waals surface area contributed by atoms with Crippen LogP contribution >= 0.6 is 11.8 Å². The number of aromatic nitrogens is 3. The van der Waals surface area contributed by atoms with E-state index in [1.165, 1.54) is 29.5 Å². The molecule has 0 saturated carbocycles. The van der Waals surface area contributed by atoms with Gasteiger partial charge in [-0.25, -0.2) is 13.9 Å². The van der Waals surface area contributed by atoms with Gasteiger partial charge in [-0.15, -0.1) is 5.10 Å². The molecule has 1 unspecified atom stereocenters. The van der Waals surface area contributed by atoms with Crippen molar-refractivity contribution in [3.05, 3.63) is 125 Å². The number of esters is 1. The van der Waals surface area contributed by atoms with Crippen LogP contribution in [0.15, 0.2) is 102 Å². The predicted molar refractivity (Wildman–Crippen MR) is 154 cm³/mol. The number of allylic oxidation sites excluding steroid dienone is 1. The van der Waals surface area contributed by atoms with Gasteiger partial charge in [0, 0.05) is 11.4 Å². The maximum atomic E-state index is 14.2. The standard InChI is InChI=1S/C31H29FN4O3S/c1-4-16-38-29(37)27-21(3)33-30-34-31(40-19-24-8-5-6-11-26(24)32)35-36(30)28(27)23-9-7-10-25(17-23)39-18-22-14-12-20(2)13-15-22/h4-15,17,28H,1,16,18-19H2,2-3H3,(H,33,34,35). The van der Waals surface area contributed by atoms with Crippen molar-refractivity contribution in [2.45, 2.75) is 37.4 Å². The van der Waals surface area contributed by atoms with E-state index in [9.17, 15) is 9.18 Å². The molecule has 1 atom stereocenters. The normalized spacial score (nSPS) is 14.3. The highest BCUT2D eigenvalue weighted by molar-refractivity contribution is 7.98. The van der Waals surface area contributed by atoms with Crippen LogP contribution < -0.4 is 10.1 Å². The molecule has 1 aliphatic rings. The van der Waals surface area contributed by atoms with Gasteiger partial charge >= 0.3 is 5.97 Å². The molecule has 2 heterocycles. The first-order valence-electron chi connectivity index (χ1n) is 12.8. The van der Waals surface area contributed by atoms with Crippen molar-refractivity contribution in [1.29, 1.82) is 0 Å². The van der Waals surface area contributed by atoms with Crippen LogP contribution in [0.3, 0.4) is 0 Å². The largest absolute Gasteiger partial charge is 0.489 e. The van der Waals surface area contributed by atoms with Crippen LogP contribution in [0.4, 0.5) is 10.3 Å². The van der Waals surface area contributed by atoms with Gasteiger partial charge in [0.25, 0.3) is 0 Å². The van der Waals surface area contributed by atoms with Crippen molar-refractivity contribution in [3.63, 3.8) is 0 Å². The third-order valence-electron chi connectivity index (χ3n) is 6.40. The molecule has 0 fully saturated rings. The molecular weight excluding hydrogens is 527 g/mol. The van der Waals surface area contributed by atoms with Crippen LogP contribution in [-0.2, 0) is 21.9 Å². The van der Waals surface area contributed by atoms with Crippen LogP contribution in [0.2, 0.25) is 0 Å². The first-order chi connectivity index (χ1) is 19.4. The summed E-state index contributed by atoms with van der Waals surface area (Å²) in [6.45, 7) is 7.98. The molecule has 0 bridgehead atoms. The van der Waals surface area contributed by atoms with E-state index in [0.29, 0.717) is 46.0 Å². The second-order valence-corrected chi connectivity index (χ2v) is 10.3. The summed E-state index contributed by atoms with van der Waals surface area (Å²) in [6, 6.07) is 21.8. The van der Waals surface area contributed by atoms with Gasteiger partial charge in [0.15, 0.2) is 0 Å². The SMILES string of the molecule is C=CCOC(=O)C1=C(C)Nc2nc(SCc3ccccc3F)nn2C1c1cccc(OCc2ccc(C)cc2)c1. The summed E-state index contributed by atoms with van der Waals surface area (Å²) in [4.78, 5) is 17.9. The van der Waals surface area contributed by atoms with Crippen molar-refractivity contribution in [2.75, 3.05) is 11.9 Å². The summed E-state index contributed by atoms with van der Waals surface area (Å²) in [5.74, 6) is 0.738. The zero-order chi connectivity index (χ0) is 28.1. The number of halogens is 1. The number of anilines is 1. The smallest absolute Gasteiger partial charge is 0.338 e. The van der Waals surface area contributed by atoms with Gasteiger partial charge in [0.05, 0.1) is 5.57 Å². The van der Waals surface area contributed by atoms with E-state index >= 15 is 0 Å². The number of hydrogen-bond acceptors (Lipinski definition) is 7. The van der Waals surface area contributed by atoms with Crippen molar-refractivity contribution in [2.24, 2.45) is 0 Å². The Bertz CT molecular complexity index is 1570. The topological polar surface area (TPSA) is 78.3 Å². The molecule has 7 nitrogen and oxygen atoms in total. The van der Waals surface area contributed by atoms with Gasteiger partial charge in [-0.05, 0) is 48.7 Å². The van der Waals surface area contributed by atoms with Crippen molar-refractivity contribution < 1.29 is 18.7 Å². The second kappa shape index (κ2) is 12.2. The molecule has 1 aromatic heterocycles. The third-order valence-corrected chi connectivity index (χ3v) is 7.29. The summed E-state index contributed by atoms with van der Waals surface area (Å²) in [6.07, 6.45) is 1.52. The molecular formula is C31H29FN4O3S. The lowest BCUT2D eigenvalue weighted by Crippen LogP contribution is -2.29. The fourth-order valence-corrected chi connectivity index (χ4v) is 5.18. The Hall–Kier alpha value is -4.37. The number of carbonyl (C=O) groups excluding carboxylic acids is 1. The molecule has 0 amide bonds. The lowest BCUT2D eigenvalue weighted by Gasteiger charge is -2.28. The van der Waals surface area contributed by atoms with Gasteiger partial charge < -0.3 is 14.8 Å². The molecule has 204 valence electrons. The molecule has 3 aromatic carbocycles. The Morgan fingerprint density at radius 1 is 1.12 bits per heavy atom. The number of ether oxygens (including phenoxy) is 2. The summed E-state index contributed by atoms with van der Waals surface area (Å²) in [5, 5.41) is 8.35. The number of carbonyl (C=O) groups is 1. The molecule has 1 aliphatic heterocycles. The number of benzene rings is 3. The minimum absolute atomic E-state index is 0.0794. The highest BCUT2D eigenvalue weighted by Gasteiger charge is 2.35. The van der Waals surface area contributed by atoms with Gasteiger partial charge in [-0.1, -0.05) is 84.6 Å². The maximum absolute atomic E-state index is 14.2. The predicted octanol–water partition coefficient (Wildman–Crippen LogP) is 6.62.